The Labute approximate surface area is 141 Å². The summed E-state index contributed by atoms with van der Waals surface area (Å²) < 4.78 is 0.691. The average molecular weight is 402 g/mol. The van der Waals surface area contributed by atoms with Crippen molar-refractivity contribution >= 4 is 73.7 Å². The molecule has 0 saturated carbocycles. The van der Waals surface area contributed by atoms with Crippen molar-refractivity contribution in [3.05, 3.63) is 0 Å². The number of thiocarbonyl (C=S) groups is 2. The molecular formula is C10H17N3O3S3Se. The molecule has 6 nitrogen and oxygen atoms in total. The summed E-state index contributed by atoms with van der Waals surface area (Å²) in [5.74, 6) is -1.12. The Bertz CT molecular complexity index is 395. The first kappa shape index (κ1) is 19.7. The SMILES string of the molecule is NC(CCC(=O)NC(CS)C(=S)NCC(=S)[SeH])C(=O)O. The molecule has 0 heterocycles. The molecular weight excluding hydrogens is 385 g/mol. The Kier molecular flexibility index (Phi) is 10.3. The molecule has 2 unspecified atom stereocenters. The summed E-state index contributed by atoms with van der Waals surface area (Å²) in [5, 5.41) is 14.2. The van der Waals surface area contributed by atoms with E-state index >= 15 is 0 Å². The van der Waals surface area contributed by atoms with Crippen molar-refractivity contribution in [1.29, 1.82) is 0 Å². The van der Waals surface area contributed by atoms with Crippen molar-refractivity contribution in [1.82, 2.24) is 10.6 Å². The van der Waals surface area contributed by atoms with Gasteiger partial charge in [0.15, 0.2) is 0 Å². The number of aliphatic carboxylic acids is 1. The van der Waals surface area contributed by atoms with Gasteiger partial charge < -0.3 is 0 Å². The molecule has 0 aromatic carbocycles. The second-order valence-electron chi connectivity index (χ2n) is 3.90. The third-order valence-electron chi connectivity index (χ3n) is 2.25. The summed E-state index contributed by atoms with van der Waals surface area (Å²) in [6.07, 6.45) is 0.0839. The molecule has 1 amide bonds. The van der Waals surface area contributed by atoms with Crippen LogP contribution in [-0.2, 0) is 9.59 Å². The van der Waals surface area contributed by atoms with E-state index in [1.807, 2.05) is 0 Å². The van der Waals surface area contributed by atoms with Crippen LogP contribution in [0.5, 0.6) is 0 Å². The van der Waals surface area contributed by atoms with E-state index in [0.717, 1.165) is 0 Å². The van der Waals surface area contributed by atoms with Crippen LogP contribution in [0.4, 0.5) is 0 Å². The molecule has 0 fully saturated rings. The number of carboxylic acid groups (broad SMARTS) is 1. The number of carbonyl (C=O) groups is 2. The van der Waals surface area contributed by atoms with E-state index in [-0.39, 0.29) is 18.7 Å². The van der Waals surface area contributed by atoms with Gasteiger partial charge in [0.25, 0.3) is 0 Å². The van der Waals surface area contributed by atoms with Crippen LogP contribution in [0.2, 0.25) is 0 Å². The molecule has 0 bridgehead atoms. The van der Waals surface area contributed by atoms with E-state index < -0.39 is 18.1 Å². The topological polar surface area (TPSA) is 104 Å². The number of nitrogens with one attached hydrogen (secondary N) is 2. The molecule has 0 spiro atoms. The molecule has 0 aromatic rings. The summed E-state index contributed by atoms with van der Waals surface area (Å²) in [5.41, 5.74) is 5.32. The molecule has 114 valence electrons. The van der Waals surface area contributed by atoms with Crippen LogP contribution in [-0.4, -0.2) is 66.1 Å². The molecule has 20 heavy (non-hydrogen) atoms. The van der Waals surface area contributed by atoms with Gasteiger partial charge in [-0.3, -0.25) is 0 Å². The number of thiol groups is 1. The van der Waals surface area contributed by atoms with Gasteiger partial charge in [-0.1, -0.05) is 0 Å². The number of nitrogens with two attached hydrogens (primary N) is 1. The first-order valence-corrected chi connectivity index (χ1v) is 8.04. The molecule has 0 rings (SSSR count). The van der Waals surface area contributed by atoms with Crippen LogP contribution >= 0.6 is 37.1 Å². The van der Waals surface area contributed by atoms with Crippen molar-refractivity contribution in [3.63, 3.8) is 0 Å². The van der Waals surface area contributed by atoms with Gasteiger partial charge in [0.1, 0.15) is 0 Å². The zero-order chi connectivity index (χ0) is 15.7. The maximum atomic E-state index is 11.7. The second-order valence-corrected chi connectivity index (χ2v) is 6.99. The van der Waals surface area contributed by atoms with Crippen molar-refractivity contribution in [2.75, 3.05) is 12.3 Å². The van der Waals surface area contributed by atoms with Gasteiger partial charge in [0.05, 0.1) is 0 Å². The molecule has 10 heteroatoms. The van der Waals surface area contributed by atoms with Gasteiger partial charge in [0, 0.05) is 0 Å². The predicted molar refractivity (Wildman–Crippen MR) is 91.0 cm³/mol. The fourth-order valence-electron chi connectivity index (χ4n) is 1.16. The number of amides is 1. The number of hydrogen-bond acceptors (Lipinski definition) is 6. The summed E-state index contributed by atoms with van der Waals surface area (Å²) in [6, 6.07) is -1.47. The Morgan fingerprint density at radius 1 is 1.40 bits per heavy atom. The molecule has 2 atom stereocenters. The van der Waals surface area contributed by atoms with Gasteiger partial charge in [-0.05, 0) is 0 Å². The Hall–Kier alpha value is -0.251. The number of carboxylic acids is 1. The zero-order valence-electron chi connectivity index (χ0n) is 10.5. The molecule has 0 aliphatic rings. The minimum absolute atomic E-state index is 0.0173. The minimum atomic E-state index is -1.13. The van der Waals surface area contributed by atoms with Crippen molar-refractivity contribution in [3.8, 4) is 0 Å². The molecule has 0 aromatic heterocycles. The number of rotatable bonds is 9. The maximum absolute atomic E-state index is 11.7. The average Bonchev–Trinajstić information content (AvgIpc) is 2.38. The number of carbonyl (C=O) groups excluding carboxylic acids is 1. The summed E-state index contributed by atoms with van der Waals surface area (Å²) in [4.78, 5) is 22.6. The van der Waals surface area contributed by atoms with Crippen LogP contribution in [0.25, 0.3) is 0 Å². The van der Waals surface area contributed by atoms with E-state index in [4.69, 9.17) is 35.3 Å². The van der Waals surface area contributed by atoms with Gasteiger partial charge >= 0.3 is 142 Å². The number of hydrogen-bond donors (Lipinski definition) is 5. The Balaban J connectivity index is 4.21. The zero-order valence-corrected chi connectivity index (χ0v) is 14.9. The van der Waals surface area contributed by atoms with Gasteiger partial charge in [-0.25, -0.2) is 0 Å². The Morgan fingerprint density at radius 2 is 2.00 bits per heavy atom. The van der Waals surface area contributed by atoms with Crippen molar-refractivity contribution < 1.29 is 14.7 Å². The van der Waals surface area contributed by atoms with E-state index in [1.165, 1.54) is 0 Å². The first-order chi connectivity index (χ1) is 9.27. The van der Waals surface area contributed by atoms with E-state index in [0.29, 0.717) is 21.0 Å². The molecule has 0 radical (unpaired) electrons. The van der Waals surface area contributed by atoms with Crippen LogP contribution in [0.1, 0.15) is 12.8 Å². The molecule has 0 saturated heterocycles. The monoisotopic (exact) mass is 403 g/mol. The van der Waals surface area contributed by atoms with Gasteiger partial charge in [0.2, 0.25) is 0 Å². The third-order valence-corrected chi connectivity index (χ3v) is 3.52. The molecule has 0 aliphatic heterocycles. The summed E-state index contributed by atoms with van der Waals surface area (Å²) in [6.45, 7) is 0.429. The fourth-order valence-corrected chi connectivity index (χ4v) is 2.01. The molecule has 0 aliphatic carbocycles. The standard InChI is InChI=1S/C10H17N3O3S3Se/c11-5(10(15)16)1-2-7(14)13-6(4-17)9(19)12-3-8(18)20/h5-6,17H,1-4,11H2,(H,12,19)(H,13,14)(H,15,16)(H,18,20). The summed E-state index contributed by atoms with van der Waals surface area (Å²) >= 11 is 16.4. The van der Waals surface area contributed by atoms with Crippen LogP contribution in [0.15, 0.2) is 0 Å². The quantitative estimate of drug-likeness (QED) is 0.186. The molecule has 5 N–H and O–H groups in total. The van der Waals surface area contributed by atoms with Gasteiger partial charge in [-0.2, -0.15) is 0 Å². The van der Waals surface area contributed by atoms with Gasteiger partial charge in [-0.15, -0.1) is 0 Å². The fraction of sp³-hybridized carbons (Fsp3) is 0.600. The van der Waals surface area contributed by atoms with Crippen LogP contribution in [0, 0.1) is 0 Å². The van der Waals surface area contributed by atoms with E-state index in [1.54, 1.807) is 0 Å². The Morgan fingerprint density at radius 3 is 2.45 bits per heavy atom. The van der Waals surface area contributed by atoms with E-state index in [2.05, 4.69) is 39.3 Å². The van der Waals surface area contributed by atoms with Crippen molar-refractivity contribution in [2.24, 2.45) is 5.73 Å². The normalized spacial score (nSPS) is 13.2. The summed E-state index contributed by atoms with van der Waals surface area (Å²) in [7, 11) is 0. The first-order valence-electron chi connectivity index (χ1n) is 5.66. The van der Waals surface area contributed by atoms with Crippen molar-refractivity contribution in [2.45, 2.75) is 24.9 Å². The predicted octanol–water partition coefficient (Wildman–Crippen LogP) is -1.26. The van der Waals surface area contributed by atoms with Crippen LogP contribution in [0.3, 0.4) is 0 Å². The third kappa shape index (κ3) is 8.83. The van der Waals surface area contributed by atoms with Crippen LogP contribution < -0.4 is 16.4 Å². The second kappa shape index (κ2) is 10.5. The van der Waals surface area contributed by atoms with E-state index in [9.17, 15) is 9.59 Å².